The molecule has 1 atom stereocenters. The van der Waals surface area contributed by atoms with E-state index in [0.717, 1.165) is 36.4 Å². The molecule has 0 spiro atoms. The van der Waals surface area contributed by atoms with Crippen molar-refractivity contribution in [3.05, 3.63) is 59.7 Å². The Bertz CT molecular complexity index is 696. The van der Waals surface area contributed by atoms with Gasteiger partial charge in [-0.05, 0) is 61.7 Å². The number of amides is 1. The van der Waals surface area contributed by atoms with E-state index < -0.39 is 0 Å². The third-order valence-electron chi connectivity index (χ3n) is 4.40. The number of benzene rings is 2. The first kappa shape index (κ1) is 16.4. The molecule has 3 rings (SSSR count). The molecule has 2 aromatic carbocycles. The van der Waals surface area contributed by atoms with E-state index >= 15 is 0 Å². The molecule has 1 amide bonds. The molecule has 0 aromatic heterocycles. The fourth-order valence-corrected chi connectivity index (χ4v) is 3.23. The highest BCUT2D eigenvalue weighted by atomic mass is 16.5. The lowest BCUT2D eigenvalue weighted by Crippen LogP contribution is -2.30. The van der Waals surface area contributed by atoms with E-state index in [1.165, 1.54) is 0 Å². The smallest absolute Gasteiger partial charge is 0.254 e. The maximum absolute atomic E-state index is 12.9. The second kappa shape index (κ2) is 7.39. The fraction of sp³-hybridized carbons (Fsp3) is 0.350. The zero-order chi connectivity index (χ0) is 16.9. The average molecular weight is 325 g/mol. The highest BCUT2D eigenvalue weighted by molar-refractivity contribution is 5.94. The van der Waals surface area contributed by atoms with Crippen LogP contribution < -0.4 is 9.47 Å². The molecular formula is C20H23NO3. The Morgan fingerprint density at radius 1 is 1.17 bits per heavy atom. The Labute approximate surface area is 143 Å². The number of rotatable bonds is 5. The highest BCUT2D eigenvalue weighted by Crippen LogP contribution is 2.34. The summed E-state index contributed by atoms with van der Waals surface area (Å²) in [7, 11) is 1.66. The largest absolute Gasteiger partial charge is 0.497 e. The number of hydrogen-bond acceptors (Lipinski definition) is 3. The summed E-state index contributed by atoms with van der Waals surface area (Å²) in [6.07, 6.45) is 2.00. The third-order valence-corrected chi connectivity index (χ3v) is 4.40. The Morgan fingerprint density at radius 2 is 1.96 bits per heavy atom. The van der Waals surface area contributed by atoms with Crippen LogP contribution in [0.1, 0.15) is 41.7 Å². The highest BCUT2D eigenvalue weighted by Gasteiger charge is 2.30. The number of carbonyl (C=O) groups is 1. The molecule has 0 bridgehead atoms. The van der Waals surface area contributed by atoms with Crippen molar-refractivity contribution in [1.82, 2.24) is 4.90 Å². The first-order chi connectivity index (χ1) is 11.7. The number of methoxy groups -OCH3 is 1. The summed E-state index contributed by atoms with van der Waals surface area (Å²) in [5.74, 6) is 1.69. The minimum Gasteiger partial charge on any atom is -0.497 e. The minimum absolute atomic E-state index is 0.0726. The van der Waals surface area contributed by atoms with Gasteiger partial charge in [0.05, 0.1) is 19.8 Å². The Kier molecular flexibility index (Phi) is 5.04. The van der Waals surface area contributed by atoms with Gasteiger partial charge in [-0.2, -0.15) is 0 Å². The predicted octanol–water partition coefficient (Wildman–Crippen LogP) is 4.07. The van der Waals surface area contributed by atoms with Gasteiger partial charge in [-0.1, -0.05) is 12.1 Å². The third kappa shape index (κ3) is 3.37. The van der Waals surface area contributed by atoms with Gasteiger partial charge in [-0.25, -0.2) is 0 Å². The van der Waals surface area contributed by atoms with Crippen molar-refractivity contribution in [3.8, 4) is 11.5 Å². The van der Waals surface area contributed by atoms with Gasteiger partial charge in [0.2, 0.25) is 0 Å². The van der Waals surface area contributed by atoms with Crippen LogP contribution >= 0.6 is 0 Å². The molecule has 1 fully saturated rings. The van der Waals surface area contributed by atoms with E-state index in [0.29, 0.717) is 12.2 Å². The molecule has 2 aromatic rings. The van der Waals surface area contributed by atoms with Gasteiger partial charge < -0.3 is 14.4 Å². The molecule has 1 aliphatic heterocycles. The summed E-state index contributed by atoms with van der Waals surface area (Å²) in [6.45, 7) is 3.35. The van der Waals surface area contributed by atoms with Crippen LogP contribution in [0.5, 0.6) is 11.5 Å². The Morgan fingerprint density at radius 3 is 2.67 bits per heavy atom. The van der Waals surface area contributed by atoms with Gasteiger partial charge in [0.15, 0.2) is 0 Å². The Balaban J connectivity index is 1.80. The van der Waals surface area contributed by atoms with Crippen molar-refractivity contribution in [2.24, 2.45) is 0 Å². The van der Waals surface area contributed by atoms with Crippen LogP contribution in [0.25, 0.3) is 0 Å². The molecule has 0 radical (unpaired) electrons. The van der Waals surface area contributed by atoms with Crippen LogP contribution in [0.4, 0.5) is 0 Å². The molecule has 1 saturated heterocycles. The molecule has 126 valence electrons. The molecule has 4 nitrogen and oxygen atoms in total. The van der Waals surface area contributed by atoms with Crippen LogP contribution in [0.2, 0.25) is 0 Å². The summed E-state index contributed by atoms with van der Waals surface area (Å²) >= 11 is 0. The van der Waals surface area contributed by atoms with E-state index in [-0.39, 0.29) is 11.9 Å². The van der Waals surface area contributed by atoms with Crippen molar-refractivity contribution >= 4 is 5.91 Å². The van der Waals surface area contributed by atoms with Crippen LogP contribution in [0.3, 0.4) is 0 Å². The lowest BCUT2D eigenvalue weighted by atomic mass is 10.0. The van der Waals surface area contributed by atoms with Crippen LogP contribution in [0, 0.1) is 0 Å². The molecule has 1 unspecified atom stereocenters. The van der Waals surface area contributed by atoms with Gasteiger partial charge in [-0.15, -0.1) is 0 Å². The van der Waals surface area contributed by atoms with Crippen LogP contribution in [-0.2, 0) is 0 Å². The molecule has 0 N–H and O–H groups in total. The molecule has 1 heterocycles. The van der Waals surface area contributed by atoms with Crippen LogP contribution in [0.15, 0.2) is 48.5 Å². The molecule has 4 heteroatoms. The quantitative estimate of drug-likeness (QED) is 0.832. The average Bonchev–Trinajstić information content (AvgIpc) is 3.12. The number of hydrogen-bond donors (Lipinski definition) is 0. The Hall–Kier alpha value is -2.49. The van der Waals surface area contributed by atoms with Crippen molar-refractivity contribution in [2.45, 2.75) is 25.8 Å². The molecule has 0 saturated carbocycles. The van der Waals surface area contributed by atoms with E-state index in [2.05, 4.69) is 6.07 Å². The van der Waals surface area contributed by atoms with Gasteiger partial charge in [-0.3, -0.25) is 4.79 Å². The van der Waals surface area contributed by atoms with Crippen molar-refractivity contribution in [1.29, 1.82) is 0 Å². The molecular weight excluding hydrogens is 302 g/mol. The molecule has 24 heavy (non-hydrogen) atoms. The van der Waals surface area contributed by atoms with Crippen molar-refractivity contribution < 1.29 is 14.3 Å². The number of likely N-dealkylation sites (tertiary alicyclic amines) is 1. The lowest BCUT2D eigenvalue weighted by Gasteiger charge is -2.25. The zero-order valence-electron chi connectivity index (χ0n) is 14.2. The predicted molar refractivity (Wildman–Crippen MR) is 93.6 cm³/mol. The van der Waals surface area contributed by atoms with Gasteiger partial charge in [0.1, 0.15) is 11.5 Å². The van der Waals surface area contributed by atoms with Gasteiger partial charge in [0, 0.05) is 12.1 Å². The first-order valence-corrected chi connectivity index (χ1v) is 8.40. The fourth-order valence-electron chi connectivity index (χ4n) is 3.23. The van der Waals surface area contributed by atoms with E-state index in [4.69, 9.17) is 9.47 Å². The maximum atomic E-state index is 12.9. The zero-order valence-corrected chi connectivity index (χ0v) is 14.2. The summed E-state index contributed by atoms with van der Waals surface area (Å²) in [5, 5.41) is 0. The summed E-state index contributed by atoms with van der Waals surface area (Å²) < 4.78 is 10.8. The normalized spacial score (nSPS) is 16.9. The molecule has 1 aliphatic rings. The summed E-state index contributed by atoms with van der Waals surface area (Å²) in [4.78, 5) is 14.9. The monoisotopic (exact) mass is 325 g/mol. The standard InChI is InChI=1S/C20H23NO3/c1-3-24-17-11-9-15(10-12-17)20(22)21-13-5-8-19(21)16-6-4-7-18(14-16)23-2/h4,6-7,9-12,14,19H,3,5,8,13H2,1-2H3. The SMILES string of the molecule is CCOc1ccc(C(=O)N2CCCC2c2cccc(OC)c2)cc1. The number of carbonyl (C=O) groups excluding carboxylic acids is 1. The van der Waals surface area contributed by atoms with Gasteiger partial charge in [0.25, 0.3) is 5.91 Å². The van der Waals surface area contributed by atoms with E-state index in [1.807, 2.05) is 54.3 Å². The minimum atomic E-state index is 0.0726. The second-order valence-corrected chi connectivity index (χ2v) is 5.89. The number of nitrogens with zero attached hydrogens (tertiary/aromatic N) is 1. The van der Waals surface area contributed by atoms with E-state index in [1.54, 1.807) is 7.11 Å². The topological polar surface area (TPSA) is 38.8 Å². The summed E-state index contributed by atoms with van der Waals surface area (Å²) in [6, 6.07) is 15.5. The second-order valence-electron chi connectivity index (χ2n) is 5.89. The van der Waals surface area contributed by atoms with Gasteiger partial charge >= 0.3 is 0 Å². The van der Waals surface area contributed by atoms with Crippen LogP contribution in [-0.4, -0.2) is 31.1 Å². The van der Waals surface area contributed by atoms with Crippen molar-refractivity contribution in [2.75, 3.05) is 20.3 Å². The first-order valence-electron chi connectivity index (χ1n) is 8.40. The van der Waals surface area contributed by atoms with Crippen molar-refractivity contribution in [3.63, 3.8) is 0 Å². The number of ether oxygens (including phenoxy) is 2. The van der Waals surface area contributed by atoms with E-state index in [9.17, 15) is 4.79 Å². The molecule has 0 aliphatic carbocycles. The maximum Gasteiger partial charge on any atom is 0.254 e. The summed E-state index contributed by atoms with van der Waals surface area (Å²) in [5.41, 5.74) is 1.83. The lowest BCUT2D eigenvalue weighted by molar-refractivity contribution is 0.0735.